The first-order valence-corrected chi connectivity index (χ1v) is 9.97. The Kier molecular flexibility index (Phi) is 6.54. The molecule has 3 rings (SSSR count). The highest BCUT2D eigenvalue weighted by Crippen LogP contribution is 2.36. The van der Waals surface area contributed by atoms with Crippen molar-refractivity contribution >= 4 is 17.5 Å². The molecule has 0 aromatic heterocycles. The van der Waals surface area contributed by atoms with Crippen LogP contribution in [-0.2, 0) is 12.6 Å². The summed E-state index contributed by atoms with van der Waals surface area (Å²) in [6.07, 6.45) is -3.69. The van der Waals surface area contributed by atoms with E-state index < -0.39 is 17.6 Å². The fourth-order valence-electron chi connectivity index (χ4n) is 3.80. The van der Waals surface area contributed by atoms with Gasteiger partial charge in [-0.2, -0.15) is 13.2 Å². The minimum Gasteiger partial charge on any atom is -0.336 e. The first-order chi connectivity index (χ1) is 13.6. The largest absolute Gasteiger partial charge is 0.417 e. The molecule has 29 heavy (non-hydrogen) atoms. The molecule has 0 atom stereocenters. The van der Waals surface area contributed by atoms with Gasteiger partial charge in [0.25, 0.3) is 5.91 Å². The summed E-state index contributed by atoms with van der Waals surface area (Å²) < 4.78 is 40.6. The van der Waals surface area contributed by atoms with Crippen LogP contribution in [0.1, 0.15) is 32.6 Å². The van der Waals surface area contributed by atoms with Crippen molar-refractivity contribution in [3.63, 3.8) is 0 Å². The lowest BCUT2D eigenvalue weighted by Gasteiger charge is -2.35. The molecule has 1 amide bonds. The molecule has 1 saturated heterocycles. The van der Waals surface area contributed by atoms with Crippen molar-refractivity contribution in [1.82, 2.24) is 9.80 Å². The van der Waals surface area contributed by atoms with Gasteiger partial charge in [0.05, 0.1) is 11.1 Å². The third kappa shape index (κ3) is 5.31. The van der Waals surface area contributed by atoms with E-state index in [0.717, 1.165) is 13.0 Å². The van der Waals surface area contributed by atoms with Crippen LogP contribution in [0.15, 0.2) is 36.4 Å². The fraction of sp³-hybridized carbons (Fsp3) is 0.409. The number of carbonyl (C=O) groups excluding carboxylic acids is 1. The highest BCUT2D eigenvalue weighted by atomic mass is 35.5. The number of halogens is 4. The maximum atomic E-state index is 13.5. The molecule has 0 aliphatic carbocycles. The van der Waals surface area contributed by atoms with Crippen LogP contribution in [0.4, 0.5) is 13.2 Å². The summed E-state index contributed by atoms with van der Waals surface area (Å²) in [5.74, 6) is -0.540. The Labute approximate surface area is 174 Å². The number of hydrogen-bond acceptors (Lipinski definition) is 2. The molecule has 0 saturated carbocycles. The zero-order chi connectivity index (χ0) is 21.2. The molecule has 3 nitrogen and oxygen atoms in total. The number of aryl methyl sites for hydroxylation is 2. The molecule has 1 aliphatic rings. The molecule has 1 aliphatic heterocycles. The average molecular weight is 425 g/mol. The SMILES string of the molecule is Cc1cc(C)c(C(F)(F)F)c(C(=O)N2CCN(CCc3ccc(Cl)cc3)CC2)c1. The summed E-state index contributed by atoms with van der Waals surface area (Å²) in [6, 6.07) is 10.5. The predicted molar refractivity (Wildman–Crippen MR) is 108 cm³/mol. The van der Waals surface area contributed by atoms with Crippen molar-refractivity contribution < 1.29 is 18.0 Å². The summed E-state index contributed by atoms with van der Waals surface area (Å²) >= 11 is 5.90. The van der Waals surface area contributed by atoms with E-state index in [2.05, 4.69) is 4.90 Å². The summed E-state index contributed by atoms with van der Waals surface area (Å²) in [4.78, 5) is 16.6. The Hall–Kier alpha value is -2.05. The molecule has 156 valence electrons. The van der Waals surface area contributed by atoms with E-state index in [1.54, 1.807) is 6.92 Å². The van der Waals surface area contributed by atoms with E-state index >= 15 is 0 Å². The predicted octanol–water partition coefficient (Wildman–Crippen LogP) is 4.98. The first-order valence-electron chi connectivity index (χ1n) is 9.59. The van der Waals surface area contributed by atoms with E-state index in [4.69, 9.17) is 11.6 Å². The maximum absolute atomic E-state index is 13.5. The third-order valence-electron chi connectivity index (χ3n) is 5.28. The molecule has 7 heteroatoms. The van der Waals surface area contributed by atoms with Crippen LogP contribution in [0.5, 0.6) is 0 Å². The molecule has 1 heterocycles. The Balaban J connectivity index is 1.64. The lowest BCUT2D eigenvalue weighted by atomic mass is 9.97. The number of piperazine rings is 1. The molecule has 0 N–H and O–H groups in total. The van der Waals surface area contributed by atoms with Crippen LogP contribution in [0.25, 0.3) is 0 Å². The standard InChI is InChI=1S/C22H24ClF3N2O/c1-15-13-16(2)20(22(24,25)26)19(14-15)21(29)28-11-9-27(10-12-28)8-7-17-3-5-18(23)6-4-17/h3-6,13-14H,7-12H2,1-2H3. The number of nitrogens with zero attached hydrogens (tertiary/aromatic N) is 2. The van der Waals surface area contributed by atoms with Gasteiger partial charge in [0.2, 0.25) is 0 Å². The normalized spacial score (nSPS) is 15.6. The number of alkyl halides is 3. The van der Waals surface area contributed by atoms with E-state index in [9.17, 15) is 18.0 Å². The van der Waals surface area contributed by atoms with E-state index in [1.807, 2.05) is 24.3 Å². The summed E-state index contributed by atoms with van der Waals surface area (Å²) in [6.45, 7) is 6.07. The average Bonchev–Trinajstić information content (AvgIpc) is 2.65. The molecule has 0 bridgehead atoms. The van der Waals surface area contributed by atoms with E-state index in [0.29, 0.717) is 36.8 Å². The zero-order valence-electron chi connectivity index (χ0n) is 16.5. The highest BCUT2D eigenvalue weighted by molar-refractivity contribution is 6.30. The van der Waals surface area contributed by atoms with Crippen molar-refractivity contribution in [3.05, 3.63) is 69.2 Å². The Bertz CT molecular complexity index is 873. The minimum atomic E-state index is -4.55. The third-order valence-corrected chi connectivity index (χ3v) is 5.54. The van der Waals surface area contributed by atoms with Gasteiger partial charge in [-0.15, -0.1) is 0 Å². The lowest BCUT2D eigenvalue weighted by molar-refractivity contribution is -0.138. The highest BCUT2D eigenvalue weighted by Gasteiger charge is 2.38. The number of carbonyl (C=O) groups is 1. The summed E-state index contributed by atoms with van der Waals surface area (Å²) in [5, 5.41) is 0.700. The van der Waals surface area contributed by atoms with Crippen LogP contribution in [0.2, 0.25) is 5.02 Å². The van der Waals surface area contributed by atoms with Crippen LogP contribution in [0, 0.1) is 13.8 Å². The monoisotopic (exact) mass is 424 g/mol. The van der Waals surface area contributed by atoms with Gasteiger partial charge in [0.1, 0.15) is 0 Å². The molecule has 2 aromatic rings. The van der Waals surface area contributed by atoms with Gasteiger partial charge in [-0.3, -0.25) is 9.69 Å². The second kappa shape index (κ2) is 8.76. The molecule has 0 radical (unpaired) electrons. The maximum Gasteiger partial charge on any atom is 0.417 e. The van der Waals surface area contributed by atoms with Gasteiger partial charge in [-0.25, -0.2) is 0 Å². The van der Waals surface area contributed by atoms with Gasteiger partial charge in [-0.05, 0) is 49.6 Å². The van der Waals surface area contributed by atoms with Crippen molar-refractivity contribution in [2.75, 3.05) is 32.7 Å². The van der Waals surface area contributed by atoms with E-state index in [-0.39, 0.29) is 11.1 Å². The van der Waals surface area contributed by atoms with Crippen LogP contribution in [0.3, 0.4) is 0 Å². The minimum absolute atomic E-state index is 0.0856. The fourth-order valence-corrected chi connectivity index (χ4v) is 3.92. The number of hydrogen-bond donors (Lipinski definition) is 0. The quantitative estimate of drug-likeness (QED) is 0.691. The second-order valence-electron chi connectivity index (χ2n) is 7.51. The van der Waals surface area contributed by atoms with Crippen molar-refractivity contribution in [1.29, 1.82) is 0 Å². The Morgan fingerprint density at radius 2 is 1.66 bits per heavy atom. The van der Waals surface area contributed by atoms with Gasteiger partial charge in [0.15, 0.2) is 0 Å². The van der Waals surface area contributed by atoms with Gasteiger partial charge in [-0.1, -0.05) is 35.4 Å². The van der Waals surface area contributed by atoms with Crippen molar-refractivity contribution in [2.45, 2.75) is 26.4 Å². The zero-order valence-corrected chi connectivity index (χ0v) is 17.3. The van der Waals surface area contributed by atoms with Gasteiger partial charge >= 0.3 is 6.18 Å². The summed E-state index contributed by atoms with van der Waals surface area (Å²) in [7, 11) is 0. The van der Waals surface area contributed by atoms with Crippen molar-refractivity contribution in [3.8, 4) is 0 Å². The molecule has 0 unspecified atom stereocenters. The number of benzene rings is 2. The molecule has 1 fully saturated rings. The van der Waals surface area contributed by atoms with Gasteiger partial charge < -0.3 is 4.90 Å². The second-order valence-corrected chi connectivity index (χ2v) is 7.95. The van der Waals surface area contributed by atoms with Crippen molar-refractivity contribution in [2.24, 2.45) is 0 Å². The molecule has 0 spiro atoms. The summed E-state index contributed by atoms with van der Waals surface area (Å²) in [5.41, 5.74) is 0.851. The smallest absolute Gasteiger partial charge is 0.336 e. The molecule has 2 aromatic carbocycles. The van der Waals surface area contributed by atoms with Crippen LogP contribution < -0.4 is 0 Å². The topological polar surface area (TPSA) is 23.6 Å². The molecular weight excluding hydrogens is 401 g/mol. The Morgan fingerprint density at radius 3 is 2.24 bits per heavy atom. The van der Waals surface area contributed by atoms with Gasteiger partial charge in [0, 0.05) is 37.7 Å². The number of amides is 1. The first kappa shape index (κ1) is 21.7. The van der Waals surface area contributed by atoms with Crippen LogP contribution in [-0.4, -0.2) is 48.4 Å². The number of rotatable bonds is 4. The van der Waals surface area contributed by atoms with Crippen LogP contribution >= 0.6 is 11.6 Å². The van der Waals surface area contributed by atoms with E-state index in [1.165, 1.54) is 29.5 Å². The molecular formula is C22H24ClF3N2O. The Morgan fingerprint density at radius 1 is 1.03 bits per heavy atom. The lowest BCUT2D eigenvalue weighted by Crippen LogP contribution is -2.49.